The molecule has 0 heterocycles. The summed E-state index contributed by atoms with van der Waals surface area (Å²) in [6, 6.07) is 4.71. The molecule has 0 aromatic heterocycles. The van der Waals surface area contributed by atoms with E-state index in [1.54, 1.807) is 12.1 Å². The first kappa shape index (κ1) is 15.9. The summed E-state index contributed by atoms with van der Waals surface area (Å²) in [6.07, 6.45) is 1.35. The van der Waals surface area contributed by atoms with Crippen molar-refractivity contribution in [2.24, 2.45) is 0 Å². The van der Waals surface area contributed by atoms with Crippen molar-refractivity contribution in [3.63, 3.8) is 0 Å². The predicted octanol–water partition coefficient (Wildman–Crippen LogP) is 3.05. The number of carbonyl (C=O) groups is 1. The van der Waals surface area contributed by atoms with Crippen molar-refractivity contribution in [3.8, 4) is 0 Å². The average molecular weight is 287 g/mol. The topological polar surface area (TPSA) is 41.1 Å². The van der Waals surface area contributed by atoms with Crippen LogP contribution in [0, 0.1) is 5.82 Å². The van der Waals surface area contributed by atoms with Gasteiger partial charge in [-0.25, -0.2) is 4.39 Å². The predicted molar refractivity (Wildman–Crippen MR) is 75.7 cm³/mol. The van der Waals surface area contributed by atoms with Crippen LogP contribution in [-0.4, -0.2) is 19.0 Å². The molecule has 0 aliphatic carbocycles. The highest BCUT2D eigenvalue weighted by Crippen LogP contribution is 2.19. The lowest BCUT2D eigenvalue weighted by Crippen LogP contribution is -2.29. The van der Waals surface area contributed by atoms with Crippen molar-refractivity contribution in [2.45, 2.75) is 32.7 Å². The Morgan fingerprint density at radius 1 is 1.42 bits per heavy atom. The van der Waals surface area contributed by atoms with Crippen LogP contribution >= 0.6 is 11.6 Å². The molecular weight excluding hydrogens is 267 g/mol. The summed E-state index contributed by atoms with van der Waals surface area (Å²) >= 11 is 5.63. The minimum Gasteiger partial charge on any atom is -0.356 e. The van der Waals surface area contributed by atoms with Crippen LogP contribution in [0.15, 0.2) is 18.2 Å². The number of hydrogen-bond acceptors (Lipinski definition) is 2. The van der Waals surface area contributed by atoms with Crippen LogP contribution in [0.4, 0.5) is 4.39 Å². The van der Waals surface area contributed by atoms with Gasteiger partial charge in [0, 0.05) is 25.6 Å². The van der Waals surface area contributed by atoms with Crippen LogP contribution in [0.3, 0.4) is 0 Å². The lowest BCUT2D eigenvalue weighted by molar-refractivity contribution is -0.121. The summed E-state index contributed by atoms with van der Waals surface area (Å²) in [6.45, 7) is 5.19. The second-order valence-corrected chi connectivity index (χ2v) is 4.86. The lowest BCUT2D eigenvalue weighted by Gasteiger charge is -2.14. The molecule has 0 saturated heterocycles. The molecule has 0 radical (unpaired) electrons. The molecule has 2 N–H and O–H groups in total. The summed E-state index contributed by atoms with van der Waals surface area (Å²) in [5.41, 5.74) is 0.816. The van der Waals surface area contributed by atoms with Crippen LogP contribution in [-0.2, 0) is 4.79 Å². The van der Waals surface area contributed by atoms with Gasteiger partial charge >= 0.3 is 0 Å². The monoisotopic (exact) mass is 286 g/mol. The van der Waals surface area contributed by atoms with Gasteiger partial charge < -0.3 is 10.6 Å². The maximum absolute atomic E-state index is 13.3. The fraction of sp³-hybridized carbons (Fsp3) is 0.500. The van der Waals surface area contributed by atoms with E-state index in [1.807, 2.05) is 13.8 Å². The van der Waals surface area contributed by atoms with Crippen molar-refractivity contribution in [2.75, 3.05) is 13.1 Å². The third kappa shape index (κ3) is 5.57. The largest absolute Gasteiger partial charge is 0.356 e. The van der Waals surface area contributed by atoms with Crippen molar-refractivity contribution >= 4 is 17.5 Å². The minimum atomic E-state index is -0.423. The molecule has 0 fully saturated rings. The Labute approximate surface area is 118 Å². The normalized spacial score (nSPS) is 12.2. The number of nitrogens with one attached hydrogen (secondary N) is 2. The van der Waals surface area contributed by atoms with E-state index in [0.717, 1.165) is 12.0 Å². The third-order valence-corrected chi connectivity index (χ3v) is 3.12. The average Bonchev–Trinajstić information content (AvgIpc) is 2.39. The first-order valence-corrected chi connectivity index (χ1v) is 6.87. The Kier molecular flexibility index (Phi) is 6.81. The van der Waals surface area contributed by atoms with Gasteiger partial charge in [-0.2, -0.15) is 0 Å². The van der Waals surface area contributed by atoms with Gasteiger partial charge in [0.05, 0.1) is 5.02 Å². The smallest absolute Gasteiger partial charge is 0.221 e. The van der Waals surface area contributed by atoms with Crippen LogP contribution in [0.5, 0.6) is 0 Å². The standard InChI is InChI=1S/C14H20ClFN2O/c1-3-7-18-14(19)6-8-17-10(2)11-4-5-12(15)13(16)9-11/h4-5,9-10,17H,3,6-8H2,1-2H3,(H,18,19). The molecule has 106 valence electrons. The summed E-state index contributed by atoms with van der Waals surface area (Å²) in [7, 11) is 0. The Balaban J connectivity index is 2.36. The Morgan fingerprint density at radius 3 is 2.79 bits per heavy atom. The maximum Gasteiger partial charge on any atom is 0.221 e. The zero-order valence-electron chi connectivity index (χ0n) is 11.3. The third-order valence-electron chi connectivity index (χ3n) is 2.82. The lowest BCUT2D eigenvalue weighted by atomic mass is 10.1. The fourth-order valence-corrected chi connectivity index (χ4v) is 1.77. The number of halogens is 2. The van der Waals surface area contributed by atoms with Gasteiger partial charge in [-0.05, 0) is 31.0 Å². The van der Waals surface area contributed by atoms with Gasteiger partial charge in [-0.1, -0.05) is 24.6 Å². The molecular formula is C14H20ClFN2O. The van der Waals surface area contributed by atoms with E-state index in [4.69, 9.17) is 11.6 Å². The Hall–Kier alpha value is -1.13. The minimum absolute atomic E-state index is 0.0225. The maximum atomic E-state index is 13.3. The van der Waals surface area contributed by atoms with Gasteiger partial charge in [0.25, 0.3) is 0 Å². The summed E-state index contributed by atoms with van der Waals surface area (Å²) in [5.74, 6) is -0.391. The molecule has 0 aliphatic rings. The van der Waals surface area contributed by atoms with E-state index in [2.05, 4.69) is 10.6 Å². The Morgan fingerprint density at radius 2 is 2.16 bits per heavy atom. The first-order valence-electron chi connectivity index (χ1n) is 6.49. The molecule has 1 unspecified atom stereocenters. The molecule has 1 amide bonds. The summed E-state index contributed by atoms with van der Waals surface area (Å²) < 4.78 is 13.3. The van der Waals surface area contributed by atoms with E-state index in [1.165, 1.54) is 6.07 Å². The van der Waals surface area contributed by atoms with Crippen LogP contribution < -0.4 is 10.6 Å². The van der Waals surface area contributed by atoms with Gasteiger partial charge in [-0.15, -0.1) is 0 Å². The first-order chi connectivity index (χ1) is 9.04. The van der Waals surface area contributed by atoms with Gasteiger partial charge in [0.2, 0.25) is 5.91 Å². The second kappa shape index (κ2) is 8.12. The van der Waals surface area contributed by atoms with Crippen molar-refractivity contribution in [1.29, 1.82) is 0 Å². The number of rotatable bonds is 7. The zero-order chi connectivity index (χ0) is 14.3. The second-order valence-electron chi connectivity index (χ2n) is 4.45. The zero-order valence-corrected chi connectivity index (χ0v) is 12.1. The van der Waals surface area contributed by atoms with Crippen molar-refractivity contribution in [3.05, 3.63) is 34.6 Å². The molecule has 0 aliphatic heterocycles. The number of carbonyl (C=O) groups excluding carboxylic acids is 1. The van der Waals surface area contributed by atoms with E-state index >= 15 is 0 Å². The molecule has 1 rings (SSSR count). The molecule has 3 nitrogen and oxygen atoms in total. The highest BCUT2D eigenvalue weighted by molar-refractivity contribution is 6.30. The number of amides is 1. The highest BCUT2D eigenvalue weighted by atomic mass is 35.5. The number of hydrogen-bond donors (Lipinski definition) is 2. The quantitative estimate of drug-likeness (QED) is 0.809. The Bertz CT molecular complexity index is 426. The number of benzene rings is 1. The van der Waals surface area contributed by atoms with E-state index in [9.17, 15) is 9.18 Å². The van der Waals surface area contributed by atoms with Crippen LogP contribution in [0.2, 0.25) is 5.02 Å². The molecule has 1 atom stereocenters. The molecule has 5 heteroatoms. The molecule has 1 aromatic rings. The summed E-state index contributed by atoms with van der Waals surface area (Å²) in [4.78, 5) is 11.4. The van der Waals surface area contributed by atoms with Crippen molar-refractivity contribution < 1.29 is 9.18 Å². The van der Waals surface area contributed by atoms with Gasteiger partial charge in [0.1, 0.15) is 5.82 Å². The van der Waals surface area contributed by atoms with E-state index in [-0.39, 0.29) is 17.0 Å². The van der Waals surface area contributed by atoms with Gasteiger partial charge in [-0.3, -0.25) is 4.79 Å². The van der Waals surface area contributed by atoms with E-state index in [0.29, 0.717) is 19.5 Å². The highest BCUT2D eigenvalue weighted by Gasteiger charge is 2.08. The van der Waals surface area contributed by atoms with E-state index < -0.39 is 5.82 Å². The van der Waals surface area contributed by atoms with Crippen LogP contribution in [0.25, 0.3) is 0 Å². The fourth-order valence-electron chi connectivity index (χ4n) is 1.65. The van der Waals surface area contributed by atoms with Crippen molar-refractivity contribution in [1.82, 2.24) is 10.6 Å². The molecule has 0 saturated carbocycles. The summed E-state index contributed by atoms with van der Waals surface area (Å²) in [5, 5.41) is 6.11. The molecule has 19 heavy (non-hydrogen) atoms. The SMILES string of the molecule is CCCNC(=O)CCNC(C)c1ccc(Cl)c(F)c1. The molecule has 0 spiro atoms. The molecule has 1 aromatic carbocycles. The molecule has 0 bridgehead atoms. The van der Waals surface area contributed by atoms with Crippen LogP contribution in [0.1, 0.15) is 38.3 Å². The van der Waals surface area contributed by atoms with Gasteiger partial charge in [0.15, 0.2) is 0 Å².